The lowest BCUT2D eigenvalue weighted by Crippen LogP contribution is -2.13. The van der Waals surface area contributed by atoms with Gasteiger partial charge in [0.05, 0.1) is 10.2 Å². The molecule has 0 spiro atoms. The molecular weight excluding hydrogens is 328 g/mol. The highest BCUT2D eigenvalue weighted by molar-refractivity contribution is 7.21. The second-order valence-corrected chi connectivity index (χ2v) is 6.89. The SMILES string of the molecule is Cc1cccc(NC(=O)c2ccccc2-c2nc3ccccc3s2)c1. The number of para-hydroxylation sites is 1. The van der Waals surface area contributed by atoms with E-state index in [-0.39, 0.29) is 5.91 Å². The van der Waals surface area contributed by atoms with E-state index in [0.29, 0.717) is 5.56 Å². The van der Waals surface area contributed by atoms with Gasteiger partial charge in [0.25, 0.3) is 5.91 Å². The van der Waals surface area contributed by atoms with E-state index in [1.54, 1.807) is 11.3 Å². The number of rotatable bonds is 3. The summed E-state index contributed by atoms with van der Waals surface area (Å²) in [4.78, 5) is 17.5. The first-order valence-electron chi connectivity index (χ1n) is 8.04. The molecule has 0 aliphatic rings. The standard InChI is InChI=1S/C21H16N2OS/c1-14-7-6-8-15(13-14)22-20(24)16-9-2-3-10-17(16)21-23-18-11-4-5-12-19(18)25-21/h2-13H,1H3,(H,22,24). The fourth-order valence-electron chi connectivity index (χ4n) is 2.78. The smallest absolute Gasteiger partial charge is 0.256 e. The first-order valence-corrected chi connectivity index (χ1v) is 8.85. The van der Waals surface area contributed by atoms with Gasteiger partial charge in [0.2, 0.25) is 0 Å². The minimum Gasteiger partial charge on any atom is -0.322 e. The van der Waals surface area contributed by atoms with Crippen LogP contribution in [0.2, 0.25) is 0 Å². The highest BCUT2D eigenvalue weighted by Gasteiger charge is 2.15. The third-order valence-corrected chi connectivity index (χ3v) is 5.04. The summed E-state index contributed by atoms with van der Waals surface area (Å²) >= 11 is 1.60. The number of amides is 1. The third-order valence-electron chi connectivity index (χ3n) is 3.97. The Labute approximate surface area is 150 Å². The predicted octanol–water partition coefficient (Wildman–Crippen LogP) is 5.52. The maximum absolute atomic E-state index is 12.8. The maximum atomic E-state index is 12.8. The van der Waals surface area contributed by atoms with Crippen LogP contribution in [0.5, 0.6) is 0 Å². The number of hydrogen-bond acceptors (Lipinski definition) is 3. The van der Waals surface area contributed by atoms with Crippen molar-refractivity contribution in [3.8, 4) is 10.6 Å². The van der Waals surface area contributed by atoms with Crippen LogP contribution in [0.3, 0.4) is 0 Å². The number of anilines is 1. The van der Waals surface area contributed by atoms with Gasteiger partial charge in [-0.15, -0.1) is 11.3 Å². The molecule has 122 valence electrons. The van der Waals surface area contributed by atoms with Crippen molar-refractivity contribution in [3.63, 3.8) is 0 Å². The number of fused-ring (bicyclic) bond motifs is 1. The predicted molar refractivity (Wildman–Crippen MR) is 104 cm³/mol. The van der Waals surface area contributed by atoms with E-state index in [0.717, 1.165) is 32.0 Å². The molecular formula is C21H16N2OS. The Morgan fingerprint density at radius 1 is 0.960 bits per heavy atom. The average molecular weight is 344 g/mol. The second kappa shape index (κ2) is 6.49. The van der Waals surface area contributed by atoms with E-state index in [1.807, 2.05) is 79.7 Å². The molecule has 0 fully saturated rings. The topological polar surface area (TPSA) is 42.0 Å². The molecule has 25 heavy (non-hydrogen) atoms. The second-order valence-electron chi connectivity index (χ2n) is 5.86. The molecule has 0 saturated heterocycles. The van der Waals surface area contributed by atoms with Crippen LogP contribution in [-0.2, 0) is 0 Å². The summed E-state index contributed by atoms with van der Waals surface area (Å²) in [5.74, 6) is -0.125. The van der Waals surface area contributed by atoms with E-state index in [1.165, 1.54) is 0 Å². The molecule has 0 aliphatic heterocycles. The van der Waals surface area contributed by atoms with Crippen molar-refractivity contribution in [1.29, 1.82) is 0 Å². The van der Waals surface area contributed by atoms with Crippen molar-refractivity contribution in [3.05, 3.63) is 83.9 Å². The van der Waals surface area contributed by atoms with E-state index in [4.69, 9.17) is 0 Å². The Morgan fingerprint density at radius 3 is 2.60 bits per heavy atom. The molecule has 0 unspecified atom stereocenters. The molecule has 0 atom stereocenters. The minimum atomic E-state index is -0.125. The van der Waals surface area contributed by atoms with Gasteiger partial charge in [0, 0.05) is 16.8 Å². The maximum Gasteiger partial charge on any atom is 0.256 e. The van der Waals surface area contributed by atoms with E-state index in [2.05, 4.69) is 10.3 Å². The zero-order chi connectivity index (χ0) is 17.2. The van der Waals surface area contributed by atoms with Crippen molar-refractivity contribution in [1.82, 2.24) is 4.98 Å². The van der Waals surface area contributed by atoms with Crippen molar-refractivity contribution >= 4 is 33.1 Å². The Kier molecular flexibility index (Phi) is 4.04. The van der Waals surface area contributed by atoms with Gasteiger partial charge >= 0.3 is 0 Å². The van der Waals surface area contributed by atoms with Gasteiger partial charge in [-0.3, -0.25) is 4.79 Å². The van der Waals surface area contributed by atoms with E-state index in [9.17, 15) is 4.79 Å². The zero-order valence-electron chi connectivity index (χ0n) is 13.7. The molecule has 0 aliphatic carbocycles. The Morgan fingerprint density at radius 2 is 1.76 bits per heavy atom. The third kappa shape index (κ3) is 3.16. The number of benzene rings is 3. The summed E-state index contributed by atoms with van der Waals surface area (Å²) < 4.78 is 1.12. The van der Waals surface area contributed by atoms with Crippen LogP contribution in [0.25, 0.3) is 20.8 Å². The number of nitrogens with one attached hydrogen (secondary N) is 1. The molecule has 0 bridgehead atoms. The number of carbonyl (C=O) groups excluding carboxylic acids is 1. The number of aromatic nitrogens is 1. The van der Waals surface area contributed by atoms with Crippen LogP contribution in [0.15, 0.2) is 72.8 Å². The molecule has 4 aromatic rings. The van der Waals surface area contributed by atoms with Crippen LogP contribution in [0, 0.1) is 6.92 Å². The Hall–Kier alpha value is -2.98. The number of hydrogen-bond donors (Lipinski definition) is 1. The Bertz CT molecular complexity index is 1040. The first kappa shape index (κ1) is 15.5. The van der Waals surface area contributed by atoms with Gasteiger partial charge in [-0.05, 0) is 42.8 Å². The van der Waals surface area contributed by atoms with Gasteiger partial charge in [-0.2, -0.15) is 0 Å². The highest BCUT2D eigenvalue weighted by Crippen LogP contribution is 2.32. The zero-order valence-corrected chi connectivity index (χ0v) is 14.5. The van der Waals surface area contributed by atoms with Gasteiger partial charge < -0.3 is 5.32 Å². The summed E-state index contributed by atoms with van der Waals surface area (Å²) in [6.07, 6.45) is 0. The molecule has 1 N–H and O–H groups in total. The molecule has 0 saturated carbocycles. The van der Waals surface area contributed by atoms with Gasteiger partial charge in [-0.25, -0.2) is 4.98 Å². The summed E-state index contributed by atoms with van der Waals surface area (Å²) in [7, 11) is 0. The van der Waals surface area contributed by atoms with Crippen LogP contribution < -0.4 is 5.32 Å². The van der Waals surface area contributed by atoms with Crippen LogP contribution in [-0.4, -0.2) is 10.9 Å². The lowest BCUT2D eigenvalue weighted by Gasteiger charge is -2.09. The monoisotopic (exact) mass is 344 g/mol. The minimum absolute atomic E-state index is 0.125. The molecule has 3 nitrogen and oxygen atoms in total. The van der Waals surface area contributed by atoms with Crippen molar-refractivity contribution in [2.45, 2.75) is 6.92 Å². The van der Waals surface area contributed by atoms with E-state index >= 15 is 0 Å². The summed E-state index contributed by atoms with van der Waals surface area (Å²) in [5, 5.41) is 3.84. The van der Waals surface area contributed by atoms with Crippen molar-refractivity contribution in [2.24, 2.45) is 0 Å². The highest BCUT2D eigenvalue weighted by atomic mass is 32.1. The Balaban J connectivity index is 1.72. The number of nitrogens with zero attached hydrogens (tertiary/aromatic N) is 1. The summed E-state index contributed by atoms with van der Waals surface area (Å²) in [6.45, 7) is 2.00. The summed E-state index contributed by atoms with van der Waals surface area (Å²) in [6, 6.07) is 23.4. The summed E-state index contributed by atoms with van der Waals surface area (Å²) in [5.41, 5.74) is 4.34. The van der Waals surface area contributed by atoms with E-state index < -0.39 is 0 Å². The lowest BCUT2D eigenvalue weighted by atomic mass is 10.1. The largest absolute Gasteiger partial charge is 0.322 e. The molecule has 4 rings (SSSR count). The first-order chi connectivity index (χ1) is 12.2. The van der Waals surface area contributed by atoms with Crippen LogP contribution >= 0.6 is 11.3 Å². The normalized spacial score (nSPS) is 10.8. The average Bonchev–Trinajstić information content (AvgIpc) is 3.06. The molecule has 1 aromatic heterocycles. The molecule has 1 heterocycles. The van der Waals surface area contributed by atoms with Gasteiger partial charge in [0.1, 0.15) is 5.01 Å². The molecule has 1 amide bonds. The number of aryl methyl sites for hydroxylation is 1. The number of thiazole rings is 1. The fourth-order valence-corrected chi connectivity index (χ4v) is 3.78. The quantitative estimate of drug-likeness (QED) is 0.531. The van der Waals surface area contributed by atoms with Crippen molar-refractivity contribution in [2.75, 3.05) is 5.32 Å². The van der Waals surface area contributed by atoms with Crippen LogP contribution in [0.4, 0.5) is 5.69 Å². The molecule has 3 aromatic carbocycles. The lowest BCUT2D eigenvalue weighted by molar-refractivity contribution is 0.102. The van der Waals surface area contributed by atoms with Gasteiger partial charge in [-0.1, -0.05) is 42.5 Å². The van der Waals surface area contributed by atoms with Crippen molar-refractivity contribution < 1.29 is 4.79 Å². The fraction of sp³-hybridized carbons (Fsp3) is 0.0476. The van der Waals surface area contributed by atoms with Crippen LogP contribution in [0.1, 0.15) is 15.9 Å². The number of carbonyl (C=O) groups is 1. The molecule has 0 radical (unpaired) electrons. The van der Waals surface area contributed by atoms with Gasteiger partial charge in [0.15, 0.2) is 0 Å². The molecule has 4 heteroatoms.